The average Bonchev–Trinajstić information content (AvgIpc) is 2.71. The molecule has 0 atom stereocenters. The molecule has 20 heavy (non-hydrogen) atoms. The van der Waals surface area contributed by atoms with Crippen LogP contribution in [0.5, 0.6) is 0 Å². The monoisotopic (exact) mass is 300 g/mol. The first-order valence-electron chi connectivity index (χ1n) is 6.12. The van der Waals surface area contributed by atoms with Gasteiger partial charge in [0.1, 0.15) is 11.2 Å². The van der Waals surface area contributed by atoms with E-state index in [-0.39, 0.29) is 0 Å². The number of hydrogen-bond acceptors (Lipinski definition) is 1. The van der Waals surface area contributed by atoms with Crippen LogP contribution in [0.4, 0.5) is 0 Å². The Morgan fingerprint density at radius 2 is 1.80 bits per heavy atom. The fourth-order valence-electron chi connectivity index (χ4n) is 2.32. The number of rotatable bonds is 2. The molecule has 0 aliphatic heterocycles. The van der Waals surface area contributed by atoms with Crippen molar-refractivity contribution in [1.29, 1.82) is 5.26 Å². The maximum atomic E-state index is 9.30. The molecule has 0 saturated carbocycles. The molecule has 0 amide bonds. The lowest BCUT2D eigenvalue weighted by atomic mass is 10.2. The lowest BCUT2D eigenvalue weighted by Crippen LogP contribution is -1.99. The molecule has 0 saturated heterocycles. The third kappa shape index (κ3) is 2.16. The summed E-state index contributed by atoms with van der Waals surface area (Å²) in [6.45, 7) is 0.624. The molecule has 2 nitrogen and oxygen atoms in total. The van der Waals surface area contributed by atoms with E-state index in [2.05, 4.69) is 6.07 Å². The van der Waals surface area contributed by atoms with Gasteiger partial charge in [-0.15, -0.1) is 0 Å². The lowest BCUT2D eigenvalue weighted by molar-refractivity contribution is 0.837. The molecule has 0 radical (unpaired) electrons. The molecule has 1 aromatic heterocycles. The van der Waals surface area contributed by atoms with Crippen LogP contribution in [-0.4, -0.2) is 4.57 Å². The third-order valence-corrected chi connectivity index (χ3v) is 3.89. The van der Waals surface area contributed by atoms with Crippen molar-refractivity contribution < 1.29 is 0 Å². The Bertz CT molecular complexity index is 814. The first kappa shape index (κ1) is 13.1. The van der Waals surface area contributed by atoms with Crippen LogP contribution < -0.4 is 0 Å². The van der Waals surface area contributed by atoms with Gasteiger partial charge in [0.15, 0.2) is 0 Å². The molecular weight excluding hydrogens is 291 g/mol. The van der Waals surface area contributed by atoms with Crippen LogP contribution in [0.2, 0.25) is 10.2 Å². The molecule has 0 aliphatic rings. The van der Waals surface area contributed by atoms with E-state index < -0.39 is 0 Å². The average molecular weight is 301 g/mol. The fourth-order valence-corrected chi connectivity index (χ4v) is 2.79. The number of hydrogen-bond donors (Lipinski definition) is 0. The second-order valence-electron chi connectivity index (χ2n) is 4.51. The number of nitriles is 1. The normalized spacial score (nSPS) is 10.7. The van der Waals surface area contributed by atoms with Gasteiger partial charge in [-0.05, 0) is 23.8 Å². The van der Waals surface area contributed by atoms with Gasteiger partial charge in [-0.2, -0.15) is 5.26 Å². The van der Waals surface area contributed by atoms with Gasteiger partial charge in [-0.3, -0.25) is 0 Å². The number of halogens is 2. The second kappa shape index (κ2) is 5.20. The van der Waals surface area contributed by atoms with Crippen LogP contribution in [0.1, 0.15) is 11.1 Å². The van der Waals surface area contributed by atoms with Gasteiger partial charge in [0.05, 0.1) is 11.1 Å². The van der Waals surface area contributed by atoms with Crippen molar-refractivity contribution in [2.45, 2.75) is 6.54 Å². The van der Waals surface area contributed by atoms with E-state index in [4.69, 9.17) is 23.2 Å². The molecule has 0 bridgehead atoms. The molecular formula is C16H10Cl2N2. The summed E-state index contributed by atoms with van der Waals surface area (Å²) in [6.07, 6.45) is 0. The molecule has 0 spiro atoms. The topological polar surface area (TPSA) is 28.7 Å². The molecule has 98 valence electrons. The zero-order valence-electron chi connectivity index (χ0n) is 10.5. The van der Waals surface area contributed by atoms with Crippen molar-refractivity contribution in [3.8, 4) is 6.07 Å². The Hall–Kier alpha value is -1.95. The van der Waals surface area contributed by atoms with Gasteiger partial charge in [-0.25, -0.2) is 0 Å². The van der Waals surface area contributed by atoms with E-state index in [0.717, 1.165) is 16.5 Å². The number of aromatic nitrogens is 1. The maximum absolute atomic E-state index is 9.30. The van der Waals surface area contributed by atoms with Crippen LogP contribution in [0.25, 0.3) is 10.9 Å². The maximum Gasteiger partial charge on any atom is 0.128 e. The fraction of sp³-hybridized carbons (Fsp3) is 0.0625. The van der Waals surface area contributed by atoms with E-state index in [0.29, 0.717) is 22.3 Å². The third-order valence-electron chi connectivity index (χ3n) is 3.26. The van der Waals surface area contributed by atoms with Crippen LogP contribution >= 0.6 is 23.2 Å². The highest BCUT2D eigenvalue weighted by molar-refractivity contribution is 6.34. The lowest BCUT2D eigenvalue weighted by Gasteiger charge is -2.07. The zero-order chi connectivity index (χ0) is 14.1. The largest absolute Gasteiger partial charge is 0.326 e. The van der Waals surface area contributed by atoms with Gasteiger partial charge in [0.25, 0.3) is 0 Å². The smallest absolute Gasteiger partial charge is 0.128 e. The van der Waals surface area contributed by atoms with E-state index in [1.165, 1.54) is 0 Å². The minimum Gasteiger partial charge on any atom is -0.326 e. The summed E-state index contributed by atoms with van der Waals surface area (Å²) < 4.78 is 1.93. The van der Waals surface area contributed by atoms with Crippen molar-refractivity contribution in [1.82, 2.24) is 4.57 Å². The van der Waals surface area contributed by atoms with E-state index in [1.54, 1.807) is 6.07 Å². The molecule has 3 rings (SSSR count). The zero-order valence-corrected chi connectivity index (χ0v) is 12.0. The van der Waals surface area contributed by atoms with Crippen molar-refractivity contribution >= 4 is 34.1 Å². The Kier molecular flexibility index (Phi) is 3.40. The summed E-state index contributed by atoms with van der Waals surface area (Å²) in [5.74, 6) is 0. The molecule has 3 aromatic rings. The number of nitrogens with zero attached hydrogens (tertiary/aromatic N) is 2. The summed E-state index contributed by atoms with van der Waals surface area (Å²) in [4.78, 5) is 0. The van der Waals surface area contributed by atoms with E-state index in [1.807, 2.05) is 47.0 Å². The second-order valence-corrected chi connectivity index (χ2v) is 5.31. The Morgan fingerprint density at radius 3 is 2.50 bits per heavy atom. The molecule has 0 fully saturated rings. The van der Waals surface area contributed by atoms with Crippen LogP contribution in [0, 0.1) is 11.3 Å². The van der Waals surface area contributed by atoms with Gasteiger partial charge in [0.2, 0.25) is 0 Å². The minimum atomic E-state index is 0.452. The first-order valence-corrected chi connectivity index (χ1v) is 6.87. The molecule has 0 unspecified atom stereocenters. The van der Waals surface area contributed by atoms with Crippen molar-refractivity contribution in [3.05, 3.63) is 69.8 Å². The minimum absolute atomic E-state index is 0.452. The standard InChI is InChI=1S/C16H10Cl2N2/c17-12-6-7-15-13(8-12)14(9-19)16(18)20(15)10-11-4-2-1-3-5-11/h1-8H,10H2. The first-order chi connectivity index (χ1) is 9.70. The summed E-state index contributed by atoms with van der Waals surface area (Å²) in [7, 11) is 0. The van der Waals surface area contributed by atoms with Crippen LogP contribution in [0.15, 0.2) is 48.5 Å². The highest BCUT2D eigenvalue weighted by Gasteiger charge is 2.15. The summed E-state index contributed by atoms with van der Waals surface area (Å²) >= 11 is 12.4. The van der Waals surface area contributed by atoms with Gasteiger partial charge >= 0.3 is 0 Å². The van der Waals surface area contributed by atoms with Crippen LogP contribution in [-0.2, 0) is 6.54 Å². The predicted molar refractivity (Wildman–Crippen MR) is 82.2 cm³/mol. The molecule has 1 heterocycles. The van der Waals surface area contributed by atoms with Crippen molar-refractivity contribution in [3.63, 3.8) is 0 Å². The van der Waals surface area contributed by atoms with E-state index in [9.17, 15) is 5.26 Å². The highest BCUT2D eigenvalue weighted by Crippen LogP contribution is 2.32. The van der Waals surface area contributed by atoms with Crippen LogP contribution in [0.3, 0.4) is 0 Å². The Morgan fingerprint density at radius 1 is 1.05 bits per heavy atom. The Balaban J connectivity index is 2.21. The predicted octanol–water partition coefficient (Wildman–Crippen LogP) is 4.87. The molecule has 0 N–H and O–H groups in total. The van der Waals surface area contributed by atoms with E-state index >= 15 is 0 Å². The van der Waals surface area contributed by atoms with Crippen molar-refractivity contribution in [2.24, 2.45) is 0 Å². The number of fused-ring (bicyclic) bond motifs is 1. The SMILES string of the molecule is N#Cc1c(Cl)n(Cc2ccccc2)c2ccc(Cl)cc12. The summed E-state index contributed by atoms with van der Waals surface area (Å²) in [5.41, 5.74) is 2.52. The molecule has 0 aliphatic carbocycles. The van der Waals surface area contributed by atoms with Gasteiger partial charge in [-0.1, -0.05) is 53.5 Å². The summed E-state index contributed by atoms with van der Waals surface area (Å²) in [5, 5.41) is 11.1. The quantitative estimate of drug-likeness (QED) is 0.664. The van der Waals surface area contributed by atoms with Gasteiger partial charge < -0.3 is 4.57 Å². The van der Waals surface area contributed by atoms with Gasteiger partial charge in [0, 0.05) is 17.0 Å². The number of benzene rings is 2. The molecule has 4 heteroatoms. The molecule has 2 aromatic carbocycles. The highest BCUT2D eigenvalue weighted by atomic mass is 35.5. The summed E-state index contributed by atoms with van der Waals surface area (Å²) in [6, 6.07) is 17.6. The van der Waals surface area contributed by atoms with Crippen molar-refractivity contribution in [2.75, 3.05) is 0 Å². The Labute approximate surface area is 126 Å².